The second kappa shape index (κ2) is 8.06. The van der Waals surface area contributed by atoms with E-state index >= 15 is 0 Å². The lowest BCUT2D eigenvalue weighted by atomic mass is 9.92. The van der Waals surface area contributed by atoms with E-state index in [0.29, 0.717) is 49.3 Å². The molecule has 1 atom stereocenters. The third kappa shape index (κ3) is 4.10. The van der Waals surface area contributed by atoms with Crippen molar-refractivity contribution in [3.63, 3.8) is 0 Å². The standard InChI is InChI=1S/C22H27FN4O2S/c1-22(2,3)18-12-19(28)27-13-15(14-30-21(27)24-18)20(29)26-10-8-25(9-11-26)17-7-5-4-6-16(17)23/h4-7,12,15H,8-11,13-14H2,1-3H3. The van der Waals surface area contributed by atoms with Gasteiger partial charge >= 0.3 is 0 Å². The molecule has 160 valence electrons. The first-order valence-electron chi connectivity index (χ1n) is 10.3. The van der Waals surface area contributed by atoms with Gasteiger partial charge in [0.25, 0.3) is 5.56 Å². The van der Waals surface area contributed by atoms with E-state index in [1.165, 1.54) is 17.8 Å². The maximum Gasteiger partial charge on any atom is 0.254 e. The van der Waals surface area contributed by atoms with E-state index in [1.54, 1.807) is 22.8 Å². The topological polar surface area (TPSA) is 58.4 Å². The molecule has 1 saturated heterocycles. The Bertz CT molecular complexity index is 1010. The molecule has 8 heteroatoms. The first-order chi connectivity index (χ1) is 14.2. The number of piperazine rings is 1. The van der Waals surface area contributed by atoms with Crippen LogP contribution in [0.1, 0.15) is 26.5 Å². The van der Waals surface area contributed by atoms with Gasteiger partial charge in [-0.25, -0.2) is 9.37 Å². The minimum Gasteiger partial charge on any atom is -0.366 e. The zero-order valence-electron chi connectivity index (χ0n) is 17.6. The fraction of sp³-hybridized carbons (Fsp3) is 0.500. The highest BCUT2D eigenvalue weighted by atomic mass is 32.2. The number of hydrogen-bond donors (Lipinski definition) is 0. The van der Waals surface area contributed by atoms with Crippen molar-refractivity contribution >= 4 is 23.4 Å². The maximum absolute atomic E-state index is 14.0. The van der Waals surface area contributed by atoms with E-state index in [0.717, 1.165) is 5.69 Å². The van der Waals surface area contributed by atoms with Gasteiger partial charge in [-0.05, 0) is 12.1 Å². The van der Waals surface area contributed by atoms with Crippen LogP contribution in [0.4, 0.5) is 10.1 Å². The molecule has 0 bridgehead atoms. The van der Waals surface area contributed by atoms with E-state index in [1.807, 2.05) is 36.6 Å². The predicted molar refractivity (Wildman–Crippen MR) is 117 cm³/mol. The van der Waals surface area contributed by atoms with E-state index in [9.17, 15) is 14.0 Å². The van der Waals surface area contributed by atoms with Crippen molar-refractivity contribution in [1.82, 2.24) is 14.5 Å². The molecule has 6 nitrogen and oxygen atoms in total. The average molecular weight is 431 g/mol. The third-order valence-corrected chi connectivity index (χ3v) is 6.83. The van der Waals surface area contributed by atoms with Gasteiger partial charge in [0.1, 0.15) is 5.82 Å². The van der Waals surface area contributed by atoms with Crippen LogP contribution in [0.25, 0.3) is 0 Å². The number of aromatic nitrogens is 2. The molecule has 0 aliphatic carbocycles. The van der Waals surface area contributed by atoms with Crippen LogP contribution in [0.3, 0.4) is 0 Å². The second-order valence-electron chi connectivity index (χ2n) is 8.89. The number of fused-ring (bicyclic) bond motifs is 1. The number of carbonyl (C=O) groups is 1. The van der Waals surface area contributed by atoms with Crippen LogP contribution in [-0.4, -0.2) is 52.3 Å². The quantitative estimate of drug-likeness (QED) is 0.686. The lowest BCUT2D eigenvalue weighted by Gasteiger charge is -2.38. The second-order valence-corrected chi connectivity index (χ2v) is 9.88. The van der Waals surface area contributed by atoms with Crippen molar-refractivity contribution in [2.45, 2.75) is 37.9 Å². The summed E-state index contributed by atoms with van der Waals surface area (Å²) < 4.78 is 15.7. The number of halogens is 1. The number of anilines is 1. The first kappa shape index (κ1) is 20.9. The van der Waals surface area contributed by atoms with Crippen LogP contribution < -0.4 is 10.5 Å². The highest BCUT2D eigenvalue weighted by Crippen LogP contribution is 2.29. The van der Waals surface area contributed by atoms with Gasteiger partial charge in [-0.1, -0.05) is 44.7 Å². The minimum absolute atomic E-state index is 0.0631. The Balaban J connectivity index is 1.43. The van der Waals surface area contributed by atoms with Crippen LogP contribution in [0, 0.1) is 11.7 Å². The monoisotopic (exact) mass is 430 g/mol. The SMILES string of the molecule is CC(C)(C)c1cc(=O)n2c(n1)SCC(C(=O)N1CCN(c3ccccc3F)CC1)C2. The maximum atomic E-state index is 14.0. The lowest BCUT2D eigenvalue weighted by Crippen LogP contribution is -2.52. The number of amides is 1. The molecule has 4 rings (SSSR count). The van der Waals surface area contributed by atoms with Crippen LogP contribution in [0.2, 0.25) is 0 Å². The Kier molecular flexibility index (Phi) is 5.61. The number of thioether (sulfide) groups is 1. The van der Waals surface area contributed by atoms with E-state index in [4.69, 9.17) is 0 Å². The number of benzene rings is 1. The van der Waals surface area contributed by atoms with Crippen LogP contribution in [-0.2, 0) is 16.8 Å². The van der Waals surface area contributed by atoms with Gasteiger partial charge in [0, 0.05) is 50.0 Å². The summed E-state index contributed by atoms with van der Waals surface area (Å²) in [5.41, 5.74) is 1.07. The molecule has 0 radical (unpaired) electrons. The van der Waals surface area contributed by atoms with Crippen LogP contribution in [0.15, 0.2) is 40.3 Å². The molecule has 0 N–H and O–H groups in total. The van der Waals surface area contributed by atoms with Crippen LogP contribution in [0.5, 0.6) is 0 Å². The Labute approximate surface area is 180 Å². The van der Waals surface area contributed by atoms with Crippen LogP contribution >= 0.6 is 11.8 Å². The van der Waals surface area contributed by atoms with Gasteiger partial charge in [-0.3, -0.25) is 14.2 Å². The summed E-state index contributed by atoms with van der Waals surface area (Å²) in [7, 11) is 0. The van der Waals surface area contributed by atoms with E-state index in [-0.39, 0.29) is 28.6 Å². The Hall–Kier alpha value is -2.35. The molecule has 0 saturated carbocycles. The van der Waals surface area contributed by atoms with Crippen molar-refractivity contribution in [2.75, 3.05) is 36.8 Å². The molecule has 2 aromatic rings. The van der Waals surface area contributed by atoms with Gasteiger partial charge < -0.3 is 9.80 Å². The number of hydrogen-bond acceptors (Lipinski definition) is 5. The van der Waals surface area contributed by atoms with Crippen molar-refractivity contribution in [3.05, 3.63) is 52.2 Å². The summed E-state index contributed by atoms with van der Waals surface area (Å²) in [6.07, 6.45) is 0. The number of nitrogens with zero attached hydrogens (tertiary/aromatic N) is 4. The van der Waals surface area contributed by atoms with Crippen molar-refractivity contribution < 1.29 is 9.18 Å². The Morgan fingerprint density at radius 1 is 1.17 bits per heavy atom. The third-order valence-electron chi connectivity index (χ3n) is 5.69. The smallest absolute Gasteiger partial charge is 0.254 e. The summed E-state index contributed by atoms with van der Waals surface area (Å²) in [6, 6.07) is 8.32. The molecule has 1 aromatic heterocycles. The number of carbonyl (C=O) groups excluding carboxylic acids is 1. The molecule has 1 aromatic carbocycles. The molecule has 0 spiro atoms. The molecular weight excluding hydrogens is 403 g/mol. The first-order valence-corrected chi connectivity index (χ1v) is 11.3. The zero-order valence-corrected chi connectivity index (χ0v) is 18.4. The Morgan fingerprint density at radius 3 is 2.53 bits per heavy atom. The molecule has 2 aliphatic heterocycles. The summed E-state index contributed by atoms with van der Waals surface area (Å²) in [4.78, 5) is 34.2. The molecule has 1 fully saturated rings. The van der Waals surface area contributed by atoms with Gasteiger partial charge in [0.2, 0.25) is 5.91 Å². The fourth-order valence-electron chi connectivity index (χ4n) is 3.88. The van der Waals surface area contributed by atoms with Gasteiger partial charge in [-0.15, -0.1) is 0 Å². The minimum atomic E-state index is -0.248. The fourth-order valence-corrected chi connectivity index (χ4v) is 4.96. The van der Waals surface area contributed by atoms with Crippen molar-refractivity contribution in [2.24, 2.45) is 5.92 Å². The highest BCUT2D eigenvalue weighted by Gasteiger charge is 2.32. The molecule has 30 heavy (non-hydrogen) atoms. The number of para-hydroxylation sites is 1. The molecule has 1 amide bonds. The average Bonchev–Trinajstić information content (AvgIpc) is 2.73. The van der Waals surface area contributed by atoms with E-state index < -0.39 is 0 Å². The summed E-state index contributed by atoms with van der Waals surface area (Å²) in [6.45, 7) is 8.77. The number of rotatable bonds is 2. The molecule has 2 aliphatic rings. The van der Waals surface area contributed by atoms with E-state index in [2.05, 4.69) is 4.98 Å². The van der Waals surface area contributed by atoms with Crippen molar-refractivity contribution in [1.29, 1.82) is 0 Å². The lowest BCUT2D eigenvalue weighted by molar-refractivity contribution is -0.135. The summed E-state index contributed by atoms with van der Waals surface area (Å²) in [5, 5.41) is 0.695. The molecule has 1 unspecified atom stereocenters. The van der Waals surface area contributed by atoms with Gasteiger partial charge in [-0.2, -0.15) is 0 Å². The summed E-state index contributed by atoms with van der Waals surface area (Å²) >= 11 is 1.48. The predicted octanol–water partition coefficient (Wildman–Crippen LogP) is 2.75. The highest BCUT2D eigenvalue weighted by molar-refractivity contribution is 7.99. The summed E-state index contributed by atoms with van der Waals surface area (Å²) in [5.74, 6) is 0.196. The molecular formula is C22H27FN4O2S. The van der Waals surface area contributed by atoms with Gasteiger partial charge in [0.15, 0.2) is 5.16 Å². The Morgan fingerprint density at radius 2 is 1.87 bits per heavy atom. The zero-order chi connectivity index (χ0) is 21.5. The normalized spacial score (nSPS) is 19.5. The molecule has 3 heterocycles. The largest absolute Gasteiger partial charge is 0.366 e. The van der Waals surface area contributed by atoms with Crippen molar-refractivity contribution in [3.8, 4) is 0 Å². The van der Waals surface area contributed by atoms with Gasteiger partial charge in [0.05, 0.1) is 17.3 Å².